The Morgan fingerprint density at radius 3 is 2.59 bits per heavy atom. The number of hydrogen-bond acceptors (Lipinski definition) is 6. The summed E-state index contributed by atoms with van der Waals surface area (Å²) in [5.41, 5.74) is 0. The molecule has 128 valence electrons. The number of aliphatic hydroxyl groups is 1. The molecule has 2 heterocycles. The quantitative estimate of drug-likeness (QED) is 0.506. The second-order valence-corrected chi connectivity index (χ2v) is 6.56. The van der Waals surface area contributed by atoms with E-state index in [0.29, 0.717) is 18.1 Å². The van der Waals surface area contributed by atoms with Gasteiger partial charge in [-0.1, -0.05) is 23.2 Å². The number of nitrogens with zero attached hydrogens (tertiary/aromatic N) is 3. The highest BCUT2D eigenvalue weighted by Gasteiger charge is 2.15. The van der Waals surface area contributed by atoms with Crippen molar-refractivity contribution >= 4 is 16.8 Å². The first-order chi connectivity index (χ1) is 10.7. The fraction of sp³-hybridized carbons (Fsp3) is 0.933. The summed E-state index contributed by atoms with van der Waals surface area (Å²) in [5.74, 6) is 0. The second kappa shape index (κ2) is 10.4. The number of aliphatic hydroxyl groups excluding tert-OH is 1. The average molecular weight is 333 g/mol. The molecule has 2 aliphatic rings. The molecule has 0 saturated carbocycles. The molecule has 0 aliphatic carbocycles. The first kappa shape index (κ1) is 17.9. The lowest BCUT2D eigenvalue weighted by molar-refractivity contribution is 0.0158. The van der Waals surface area contributed by atoms with Crippen LogP contribution in [0, 0.1) is 0 Å². The fourth-order valence-corrected chi connectivity index (χ4v) is 3.05. The number of β-amino-alcohol motifs (C(OH)–C–C–N with tert-alkyl or cyclic N) is 1. The number of rotatable bonds is 8. The van der Waals surface area contributed by atoms with Crippen molar-refractivity contribution in [2.75, 3.05) is 59.0 Å². The van der Waals surface area contributed by atoms with Crippen LogP contribution in [0.25, 0.3) is 0 Å². The van der Waals surface area contributed by atoms with Gasteiger partial charge in [0.2, 0.25) is 0 Å². The Bertz CT molecular complexity index is 332. The van der Waals surface area contributed by atoms with E-state index in [1.807, 2.05) is 0 Å². The number of hydrogen-bond donors (Lipinski definition) is 2. The van der Waals surface area contributed by atoms with E-state index in [4.69, 9.17) is 16.4 Å². The zero-order chi connectivity index (χ0) is 15.6. The van der Waals surface area contributed by atoms with Crippen LogP contribution >= 0.6 is 11.6 Å². The lowest BCUT2D eigenvalue weighted by Crippen LogP contribution is -2.44. The molecule has 0 bridgehead atoms. The van der Waals surface area contributed by atoms with Crippen LogP contribution < -0.4 is 5.32 Å². The first-order valence-electron chi connectivity index (χ1n) is 8.42. The molecular weight excluding hydrogens is 304 g/mol. The number of halogens is 1. The van der Waals surface area contributed by atoms with Gasteiger partial charge in [-0.2, -0.15) is 0 Å². The van der Waals surface area contributed by atoms with Gasteiger partial charge in [0, 0.05) is 45.7 Å². The largest absolute Gasteiger partial charge is 0.392 e. The minimum Gasteiger partial charge on any atom is -0.392 e. The molecule has 1 unspecified atom stereocenters. The van der Waals surface area contributed by atoms with Crippen LogP contribution in [0.3, 0.4) is 0 Å². The van der Waals surface area contributed by atoms with Gasteiger partial charge in [0.05, 0.1) is 0 Å². The molecule has 22 heavy (non-hydrogen) atoms. The Labute approximate surface area is 138 Å². The third-order valence-corrected chi connectivity index (χ3v) is 4.45. The van der Waals surface area contributed by atoms with E-state index >= 15 is 0 Å². The van der Waals surface area contributed by atoms with Gasteiger partial charge in [-0.3, -0.25) is 0 Å². The number of nitrogens with one attached hydrogen (secondary N) is 1. The minimum absolute atomic E-state index is 0.209. The summed E-state index contributed by atoms with van der Waals surface area (Å²) in [6, 6.07) is 0. The predicted molar refractivity (Wildman–Crippen MR) is 89.5 cm³/mol. The number of oxime groups is 1. The van der Waals surface area contributed by atoms with Gasteiger partial charge in [0.1, 0.15) is 17.9 Å². The molecule has 2 N–H and O–H groups in total. The van der Waals surface area contributed by atoms with Gasteiger partial charge < -0.3 is 25.1 Å². The smallest absolute Gasteiger partial charge is 0.146 e. The molecule has 2 saturated heterocycles. The van der Waals surface area contributed by atoms with Crippen molar-refractivity contribution in [3.8, 4) is 0 Å². The van der Waals surface area contributed by atoms with Crippen molar-refractivity contribution in [1.29, 1.82) is 0 Å². The Kier molecular flexibility index (Phi) is 8.47. The van der Waals surface area contributed by atoms with Crippen LogP contribution in [0.1, 0.15) is 25.7 Å². The zero-order valence-electron chi connectivity index (χ0n) is 13.3. The van der Waals surface area contributed by atoms with Crippen LogP contribution in [0.2, 0.25) is 0 Å². The van der Waals surface area contributed by atoms with Crippen molar-refractivity contribution in [2.45, 2.75) is 31.8 Å². The Morgan fingerprint density at radius 1 is 1.14 bits per heavy atom. The van der Waals surface area contributed by atoms with Gasteiger partial charge in [-0.05, 0) is 25.9 Å². The molecule has 2 aliphatic heterocycles. The maximum absolute atomic E-state index is 9.95. The van der Waals surface area contributed by atoms with Crippen molar-refractivity contribution in [2.24, 2.45) is 5.16 Å². The standard InChI is InChI=1S/C15H29ClN4O2/c16-15(4-9-19-10-5-17-6-11-19)18-22-13-14(21)12-20-7-2-1-3-8-20/h14,17,21H,1-13H2/b18-15-. The maximum Gasteiger partial charge on any atom is 0.146 e. The Morgan fingerprint density at radius 2 is 1.86 bits per heavy atom. The summed E-state index contributed by atoms with van der Waals surface area (Å²) >= 11 is 6.07. The van der Waals surface area contributed by atoms with Crippen molar-refractivity contribution < 1.29 is 9.94 Å². The highest BCUT2D eigenvalue weighted by molar-refractivity contribution is 6.65. The summed E-state index contributed by atoms with van der Waals surface area (Å²) in [7, 11) is 0. The molecule has 0 spiro atoms. The summed E-state index contributed by atoms with van der Waals surface area (Å²) in [6.45, 7) is 8.11. The molecule has 0 aromatic carbocycles. The monoisotopic (exact) mass is 332 g/mol. The van der Waals surface area contributed by atoms with Gasteiger partial charge in [-0.15, -0.1) is 0 Å². The highest BCUT2D eigenvalue weighted by atomic mass is 35.5. The normalized spacial score (nSPS) is 23.5. The molecule has 0 aromatic rings. The number of piperazine rings is 1. The van der Waals surface area contributed by atoms with E-state index in [9.17, 15) is 5.11 Å². The summed E-state index contributed by atoms with van der Waals surface area (Å²) in [6.07, 6.45) is 3.95. The molecule has 7 heteroatoms. The zero-order valence-corrected chi connectivity index (χ0v) is 14.1. The third-order valence-electron chi connectivity index (χ3n) is 4.19. The van der Waals surface area contributed by atoms with Gasteiger partial charge in [0.25, 0.3) is 0 Å². The van der Waals surface area contributed by atoms with E-state index in [-0.39, 0.29) is 6.61 Å². The van der Waals surface area contributed by atoms with Gasteiger partial charge in [0.15, 0.2) is 0 Å². The molecule has 2 fully saturated rings. The Balaban J connectivity index is 1.54. The predicted octanol–water partition coefficient (Wildman–Crippen LogP) is 0.697. The summed E-state index contributed by atoms with van der Waals surface area (Å²) in [5, 5.41) is 17.7. The number of likely N-dealkylation sites (tertiary alicyclic amines) is 1. The molecule has 2 rings (SSSR count). The van der Waals surface area contributed by atoms with Crippen LogP contribution in [0.15, 0.2) is 5.16 Å². The van der Waals surface area contributed by atoms with Crippen molar-refractivity contribution in [3.05, 3.63) is 0 Å². The van der Waals surface area contributed by atoms with E-state index in [1.165, 1.54) is 19.3 Å². The Hall–Kier alpha value is -0.400. The van der Waals surface area contributed by atoms with E-state index in [1.54, 1.807) is 0 Å². The molecule has 6 nitrogen and oxygen atoms in total. The van der Waals surface area contributed by atoms with Crippen LogP contribution in [-0.4, -0.2) is 85.1 Å². The molecule has 0 aromatic heterocycles. The molecular formula is C15H29ClN4O2. The second-order valence-electron chi connectivity index (χ2n) is 6.12. The fourth-order valence-electron chi connectivity index (χ4n) is 2.92. The topological polar surface area (TPSA) is 60.3 Å². The molecule has 0 amide bonds. The lowest BCUT2D eigenvalue weighted by Gasteiger charge is -2.28. The van der Waals surface area contributed by atoms with Crippen LogP contribution in [0.4, 0.5) is 0 Å². The highest BCUT2D eigenvalue weighted by Crippen LogP contribution is 2.09. The van der Waals surface area contributed by atoms with E-state index in [0.717, 1.165) is 45.8 Å². The third kappa shape index (κ3) is 7.24. The first-order valence-corrected chi connectivity index (χ1v) is 8.79. The van der Waals surface area contributed by atoms with Gasteiger partial charge >= 0.3 is 0 Å². The molecule has 0 radical (unpaired) electrons. The van der Waals surface area contributed by atoms with Crippen molar-refractivity contribution in [1.82, 2.24) is 15.1 Å². The van der Waals surface area contributed by atoms with Gasteiger partial charge in [-0.25, -0.2) is 0 Å². The SMILES string of the molecule is OC(CO/N=C(\Cl)CCN1CCNCC1)CN1CCCCC1. The van der Waals surface area contributed by atoms with E-state index < -0.39 is 6.10 Å². The lowest BCUT2D eigenvalue weighted by atomic mass is 10.1. The van der Waals surface area contributed by atoms with E-state index in [2.05, 4.69) is 20.3 Å². The minimum atomic E-state index is -0.500. The maximum atomic E-state index is 9.95. The van der Waals surface area contributed by atoms with Crippen molar-refractivity contribution in [3.63, 3.8) is 0 Å². The van der Waals surface area contributed by atoms with Crippen LogP contribution in [-0.2, 0) is 4.84 Å². The average Bonchev–Trinajstić information content (AvgIpc) is 2.55. The molecule has 1 atom stereocenters. The number of piperidine rings is 1. The summed E-state index contributed by atoms with van der Waals surface area (Å²) < 4.78 is 0. The van der Waals surface area contributed by atoms with Crippen LogP contribution in [0.5, 0.6) is 0 Å². The summed E-state index contributed by atoms with van der Waals surface area (Å²) in [4.78, 5) is 9.83.